The zero-order valence-corrected chi connectivity index (χ0v) is 20.3. The van der Waals surface area contributed by atoms with E-state index in [1.807, 2.05) is 13.0 Å². The van der Waals surface area contributed by atoms with Crippen molar-refractivity contribution in [2.24, 2.45) is 7.05 Å². The number of rotatable bonds is 7. The number of aryl methyl sites for hydroxylation is 2. The molecule has 3 N–H and O–H groups in total. The van der Waals surface area contributed by atoms with Gasteiger partial charge in [0.15, 0.2) is 5.69 Å². The number of anilines is 3. The van der Waals surface area contributed by atoms with E-state index in [0.717, 1.165) is 27.6 Å². The molecular weight excluding hydrogens is 493 g/mol. The summed E-state index contributed by atoms with van der Waals surface area (Å²) in [5, 5.41) is 17.4. The van der Waals surface area contributed by atoms with Gasteiger partial charge < -0.3 is 30.1 Å². The van der Waals surface area contributed by atoms with Gasteiger partial charge in [0.2, 0.25) is 5.88 Å². The first kappa shape index (κ1) is 26.2. The smallest absolute Gasteiger partial charge is 0.437 e. The summed E-state index contributed by atoms with van der Waals surface area (Å²) in [6, 6.07) is 7.95. The summed E-state index contributed by atoms with van der Waals surface area (Å²) in [7, 11) is 1.34. The van der Waals surface area contributed by atoms with Crippen molar-refractivity contribution in [3.8, 4) is 17.0 Å². The second-order valence-electron chi connectivity index (χ2n) is 8.40. The van der Waals surface area contributed by atoms with Gasteiger partial charge in [0, 0.05) is 38.1 Å². The number of aromatic nitrogens is 3. The molecule has 0 atom stereocenters. The fraction of sp³-hybridized carbons (Fsp3) is 0.375. The molecule has 1 fully saturated rings. The number of ether oxygens (including phenoxy) is 2. The van der Waals surface area contributed by atoms with Crippen LogP contribution in [-0.4, -0.2) is 65.4 Å². The van der Waals surface area contributed by atoms with Gasteiger partial charge >= 0.3 is 12.2 Å². The maximum absolute atomic E-state index is 13.2. The van der Waals surface area contributed by atoms with Crippen molar-refractivity contribution in [1.29, 1.82) is 0 Å². The SMILES string of the molecule is Cc1ccc(NC(=O)Nc2cn(C)nc2C(F)(F)F)cc1-c1cc(OCCO)nc(N2CCOCC2)c1. The topological polar surface area (TPSA) is 114 Å². The van der Waals surface area contributed by atoms with E-state index in [1.54, 1.807) is 24.3 Å². The van der Waals surface area contributed by atoms with Crippen molar-refractivity contribution in [1.82, 2.24) is 14.8 Å². The standard InChI is InChI=1S/C24H27F3N6O4/c1-15-3-4-17(28-23(35)29-19-14-32(2)31-22(19)24(25,26)27)13-18(15)16-11-20(33-5-8-36-9-6-33)30-21(12-16)37-10-7-34/h3-4,11-14,34H,5-10H2,1-2H3,(H2,28,29,35). The molecule has 1 aliphatic heterocycles. The molecule has 10 nitrogen and oxygen atoms in total. The van der Waals surface area contributed by atoms with Crippen molar-refractivity contribution in [2.75, 3.05) is 55.1 Å². The summed E-state index contributed by atoms with van der Waals surface area (Å²) in [6.07, 6.45) is -3.63. The number of alkyl halides is 3. The van der Waals surface area contributed by atoms with Gasteiger partial charge in [0.1, 0.15) is 12.4 Å². The van der Waals surface area contributed by atoms with E-state index in [-0.39, 0.29) is 13.2 Å². The van der Waals surface area contributed by atoms with Crippen molar-refractivity contribution in [3.05, 3.63) is 47.8 Å². The Morgan fingerprint density at radius 3 is 2.65 bits per heavy atom. The van der Waals surface area contributed by atoms with Crippen molar-refractivity contribution < 1.29 is 32.5 Å². The molecule has 0 saturated carbocycles. The molecule has 198 valence electrons. The Labute approximate surface area is 211 Å². The number of benzene rings is 1. The predicted octanol–water partition coefficient (Wildman–Crippen LogP) is 3.66. The Morgan fingerprint density at radius 2 is 1.95 bits per heavy atom. The number of morpholine rings is 1. The molecule has 0 radical (unpaired) electrons. The van der Waals surface area contributed by atoms with E-state index < -0.39 is 23.6 Å². The van der Waals surface area contributed by atoms with Gasteiger partial charge in [-0.3, -0.25) is 4.68 Å². The van der Waals surface area contributed by atoms with Crippen LogP contribution in [0.2, 0.25) is 0 Å². The van der Waals surface area contributed by atoms with Gasteiger partial charge in [-0.2, -0.15) is 23.3 Å². The lowest BCUT2D eigenvalue weighted by Crippen LogP contribution is -2.36. The lowest BCUT2D eigenvalue weighted by Gasteiger charge is -2.28. The first-order valence-corrected chi connectivity index (χ1v) is 11.5. The molecule has 0 aliphatic carbocycles. The van der Waals surface area contributed by atoms with E-state index >= 15 is 0 Å². The number of carbonyl (C=O) groups excluding carboxylic acids is 1. The molecule has 1 aliphatic rings. The van der Waals surface area contributed by atoms with Gasteiger partial charge in [-0.1, -0.05) is 6.07 Å². The van der Waals surface area contributed by atoms with Crippen LogP contribution in [0, 0.1) is 6.92 Å². The molecule has 0 unspecified atom stereocenters. The number of urea groups is 1. The molecule has 13 heteroatoms. The molecule has 1 aromatic carbocycles. The average Bonchev–Trinajstić information content (AvgIpc) is 3.24. The maximum Gasteiger partial charge on any atom is 0.437 e. The number of aliphatic hydroxyl groups excluding tert-OH is 1. The highest BCUT2D eigenvalue weighted by molar-refractivity contribution is 6.00. The largest absolute Gasteiger partial charge is 0.475 e. The molecule has 4 rings (SSSR count). The Hall–Kier alpha value is -3.84. The monoisotopic (exact) mass is 520 g/mol. The number of pyridine rings is 1. The van der Waals surface area contributed by atoms with Crippen LogP contribution in [0.25, 0.3) is 11.1 Å². The zero-order valence-electron chi connectivity index (χ0n) is 20.3. The summed E-state index contributed by atoms with van der Waals surface area (Å²) >= 11 is 0. The predicted molar refractivity (Wildman–Crippen MR) is 131 cm³/mol. The van der Waals surface area contributed by atoms with Crippen molar-refractivity contribution in [3.63, 3.8) is 0 Å². The number of hydrogen-bond acceptors (Lipinski definition) is 7. The summed E-state index contributed by atoms with van der Waals surface area (Å²) in [6.45, 7) is 4.26. The minimum Gasteiger partial charge on any atom is -0.475 e. The molecule has 1 saturated heterocycles. The van der Waals surface area contributed by atoms with Crippen LogP contribution in [0.3, 0.4) is 0 Å². The van der Waals surface area contributed by atoms with E-state index in [4.69, 9.17) is 9.47 Å². The third kappa shape index (κ3) is 6.49. The molecule has 2 aromatic heterocycles. The molecule has 0 bridgehead atoms. The minimum atomic E-state index is -4.71. The van der Waals surface area contributed by atoms with Gasteiger partial charge in [-0.15, -0.1) is 0 Å². The van der Waals surface area contributed by atoms with E-state index in [9.17, 15) is 23.1 Å². The first-order chi connectivity index (χ1) is 17.6. The fourth-order valence-corrected chi connectivity index (χ4v) is 3.91. The van der Waals surface area contributed by atoms with Gasteiger partial charge in [-0.05, 0) is 41.8 Å². The van der Waals surface area contributed by atoms with Crippen LogP contribution in [0.1, 0.15) is 11.3 Å². The highest BCUT2D eigenvalue weighted by atomic mass is 19.4. The number of halogens is 3. The normalized spacial score (nSPS) is 13.9. The van der Waals surface area contributed by atoms with E-state index in [0.29, 0.717) is 43.7 Å². The number of aliphatic hydroxyl groups is 1. The summed E-state index contributed by atoms with van der Waals surface area (Å²) in [4.78, 5) is 19.2. The second kappa shape index (κ2) is 11.0. The van der Waals surface area contributed by atoms with E-state index in [2.05, 4.69) is 25.6 Å². The van der Waals surface area contributed by atoms with Gasteiger partial charge in [0.25, 0.3) is 0 Å². The summed E-state index contributed by atoms with van der Waals surface area (Å²) < 4.78 is 51.6. The van der Waals surface area contributed by atoms with Crippen LogP contribution >= 0.6 is 0 Å². The maximum atomic E-state index is 13.2. The van der Waals surface area contributed by atoms with Crippen LogP contribution < -0.4 is 20.3 Å². The number of nitrogens with one attached hydrogen (secondary N) is 2. The first-order valence-electron chi connectivity index (χ1n) is 11.5. The Morgan fingerprint density at radius 1 is 1.19 bits per heavy atom. The molecule has 3 aromatic rings. The average molecular weight is 521 g/mol. The molecule has 0 spiro atoms. The van der Waals surface area contributed by atoms with Crippen LogP contribution in [0.5, 0.6) is 5.88 Å². The quantitative estimate of drug-likeness (QED) is 0.436. The van der Waals surface area contributed by atoms with Crippen molar-refractivity contribution in [2.45, 2.75) is 13.1 Å². The summed E-state index contributed by atoms with van der Waals surface area (Å²) in [5.74, 6) is 1.01. The van der Waals surface area contributed by atoms with Gasteiger partial charge in [-0.25, -0.2) is 4.79 Å². The second-order valence-corrected chi connectivity index (χ2v) is 8.40. The highest BCUT2D eigenvalue weighted by Gasteiger charge is 2.37. The molecule has 3 heterocycles. The number of nitrogens with zero attached hydrogens (tertiary/aromatic N) is 4. The minimum absolute atomic E-state index is 0.0774. The molecule has 37 heavy (non-hydrogen) atoms. The van der Waals surface area contributed by atoms with Crippen LogP contribution in [0.15, 0.2) is 36.5 Å². The fourth-order valence-electron chi connectivity index (χ4n) is 3.91. The van der Waals surface area contributed by atoms with Crippen molar-refractivity contribution >= 4 is 23.2 Å². The van der Waals surface area contributed by atoms with Crippen LogP contribution in [0.4, 0.5) is 35.2 Å². The molecular formula is C24H27F3N6O4. The third-order valence-corrected chi connectivity index (χ3v) is 5.62. The van der Waals surface area contributed by atoms with E-state index in [1.165, 1.54) is 7.05 Å². The lowest BCUT2D eigenvalue weighted by atomic mass is 10.0. The Kier molecular flexibility index (Phi) is 7.83. The number of hydrogen-bond donors (Lipinski definition) is 3. The number of carbonyl (C=O) groups is 1. The molecule has 2 amide bonds. The zero-order chi connectivity index (χ0) is 26.6. The summed E-state index contributed by atoms with van der Waals surface area (Å²) in [5.41, 5.74) is 1.16. The van der Waals surface area contributed by atoms with Gasteiger partial charge in [0.05, 0.1) is 25.5 Å². The van der Waals surface area contributed by atoms with Crippen LogP contribution in [-0.2, 0) is 18.0 Å². The Bertz CT molecular complexity index is 1260. The lowest BCUT2D eigenvalue weighted by molar-refractivity contribution is -0.140. The third-order valence-electron chi connectivity index (χ3n) is 5.62. The Balaban J connectivity index is 1.60. The number of amides is 2. The highest BCUT2D eigenvalue weighted by Crippen LogP contribution is 2.34.